The molecule has 2 aromatic rings. The van der Waals surface area contributed by atoms with Crippen molar-refractivity contribution in [2.45, 2.75) is 6.17 Å². The molecule has 1 unspecified atom stereocenters. The van der Waals surface area contributed by atoms with E-state index < -0.39 is 12.0 Å². The van der Waals surface area contributed by atoms with Crippen LogP contribution in [0.15, 0.2) is 42.5 Å². The van der Waals surface area contributed by atoms with Gasteiger partial charge in [0.25, 0.3) is 5.91 Å². The molecule has 1 atom stereocenters. The average molecular weight is 315 g/mol. The summed E-state index contributed by atoms with van der Waals surface area (Å²) in [5.41, 5.74) is 1.34. The second kappa shape index (κ2) is 5.70. The summed E-state index contributed by atoms with van der Waals surface area (Å²) in [4.78, 5) is 14.0. The normalized spacial score (nSPS) is 16.7. The van der Waals surface area contributed by atoms with Gasteiger partial charge in [-0.15, -0.1) is 6.42 Å². The summed E-state index contributed by atoms with van der Waals surface area (Å²) >= 11 is 6.13. The highest BCUT2D eigenvalue weighted by Gasteiger charge is 2.34. The highest BCUT2D eigenvalue weighted by Crippen LogP contribution is 2.36. The van der Waals surface area contributed by atoms with Crippen LogP contribution in [0.1, 0.15) is 22.1 Å². The Bertz CT molecular complexity index is 764. The Morgan fingerprint density at radius 1 is 1.27 bits per heavy atom. The van der Waals surface area contributed by atoms with Crippen LogP contribution in [0.3, 0.4) is 0 Å². The van der Waals surface area contributed by atoms with Crippen LogP contribution in [0, 0.1) is 18.2 Å². The van der Waals surface area contributed by atoms with Crippen molar-refractivity contribution in [2.24, 2.45) is 0 Å². The first-order chi connectivity index (χ1) is 10.6. The molecule has 1 N–H and O–H groups in total. The summed E-state index contributed by atoms with van der Waals surface area (Å²) in [5, 5.41) is 3.39. The molecule has 0 spiro atoms. The van der Waals surface area contributed by atoms with Crippen LogP contribution >= 0.6 is 11.6 Å². The Balaban J connectivity index is 2.14. The highest BCUT2D eigenvalue weighted by atomic mass is 35.5. The van der Waals surface area contributed by atoms with Crippen molar-refractivity contribution in [1.82, 2.24) is 4.90 Å². The van der Waals surface area contributed by atoms with E-state index in [2.05, 4.69) is 11.2 Å². The molecule has 1 aliphatic rings. The van der Waals surface area contributed by atoms with Crippen molar-refractivity contribution in [1.29, 1.82) is 0 Å². The van der Waals surface area contributed by atoms with Gasteiger partial charge in [-0.1, -0.05) is 35.7 Å². The molecular weight excluding hydrogens is 303 g/mol. The van der Waals surface area contributed by atoms with E-state index >= 15 is 0 Å². The number of benzene rings is 2. The van der Waals surface area contributed by atoms with Gasteiger partial charge in [0.1, 0.15) is 12.0 Å². The number of carbonyl (C=O) groups excluding carboxylic acids is 1. The Hall–Kier alpha value is -2.51. The molecule has 2 aromatic carbocycles. The number of carbonyl (C=O) groups is 1. The molecule has 1 heterocycles. The molecule has 0 fully saturated rings. The summed E-state index contributed by atoms with van der Waals surface area (Å²) < 4.78 is 14.2. The third-order valence-electron chi connectivity index (χ3n) is 3.56. The zero-order valence-electron chi connectivity index (χ0n) is 11.5. The van der Waals surface area contributed by atoms with Crippen molar-refractivity contribution >= 4 is 23.2 Å². The molecule has 3 rings (SSSR count). The third kappa shape index (κ3) is 2.30. The number of hydrogen-bond acceptors (Lipinski definition) is 2. The van der Waals surface area contributed by atoms with Gasteiger partial charge in [0, 0.05) is 11.3 Å². The number of para-hydroxylation sites is 1. The first kappa shape index (κ1) is 14.4. The number of nitrogens with one attached hydrogen (secondary N) is 1. The molecule has 1 amide bonds. The van der Waals surface area contributed by atoms with Gasteiger partial charge in [0.05, 0.1) is 17.1 Å². The Morgan fingerprint density at radius 3 is 2.77 bits per heavy atom. The largest absolute Gasteiger partial charge is 0.361 e. The lowest BCUT2D eigenvalue weighted by Crippen LogP contribution is -2.43. The van der Waals surface area contributed by atoms with Crippen molar-refractivity contribution in [2.75, 3.05) is 11.9 Å². The number of anilines is 1. The van der Waals surface area contributed by atoms with Crippen LogP contribution in [0.4, 0.5) is 10.1 Å². The summed E-state index contributed by atoms with van der Waals surface area (Å²) in [6.07, 6.45) is 4.62. The molecule has 110 valence electrons. The number of nitrogens with zero attached hydrogens (tertiary/aromatic N) is 1. The smallest absolute Gasteiger partial charge is 0.258 e. The number of terminal acetylenes is 1. The van der Waals surface area contributed by atoms with Gasteiger partial charge < -0.3 is 10.2 Å². The lowest BCUT2D eigenvalue weighted by atomic mass is 10.0. The van der Waals surface area contributed by atoms with E-state index in [1.807, 2.05) is 0 Å². The standard InChI is InChI=1S/C17H12ClFN2O/c1-2-10-21-16(15-12(18)7-5-8-13(15)19)20-14-9-4-3-6-11(14)17(21)22/h1,3-9,16,20H,10H2. The Kier molecular flexibility index (Phi) is 3.74. The number of fused-ring (bicyclic) bond motifs is 1. The maximum Gasteiger partial charge on any atom is 0.258 e. The van der Waals surface area contributed by atoms with Crippen LogP contribution in [-0.4, -0.2) is 17.4 Å². The summed E-state index contributed by atoms with van der Waals surface area (Å²) in [7, 11) is 0. The fourth-order valence-corrected chi connectivity index (χ4v) is 2.82. The number of rotatable bonds is 2. The van der Waals surface area contributed by atoms with E-state index in [4.69, 9.17) is 18.0 Å². The molecule has 0 saturated heterocycles. The van der Waals surface area contributed by atoms with Crippen molar-refractivity contribution in [3.8, 4) is 12.3 Å². The first-order valence-electron chi connectivity index (χ1n) is 6.67. The van der Waals surface area contributed by atoms with E-state index in [0.717, 1.165) is 0 Å². The molecule has 0 aliphatic carbocycles. The predicted octanol–water partition coefficient (Wildman–Crippen LogP) is 3.68. The maximum absolute atomic E-state index is 14.2. The minimum atomic E-state index is -0.743. The van der Waals surface area contributed by atoms with E-state index in [1.54, 1.807) is 30.3 Å². The average Bonchev–Trinajstić information content (AvgIpc) is 2.51. The molecule has 0 radical (unpaired) electrons. The van der Waals surface area contributed by atoms with Gasteiger partial charge in [-0.2, -0.15) is 0 Å². The second-order valence-corrected chi connectivity index (χ2v) is 5.27. The summed E-state index contributed by atoms with van der Waals surface area (Å²) in [5.74, 6) is 1.70. The molecule has 1 aliphatic heterocycles. The zero-order chi connectivity index (χ0) is 15.7. The predicted molar refractivity (Wildman–Crippen MR) is 84.1 cm³/mol. The number of halogens is 2. The summed E-state index contributed by atoms with van der Waals surface area (Å²) in [6.45, 7) is 0.0511. The van der Waals surface area contributed by atoms with Crippen LogP contribution < -0.4 is 5.32 Å². The van der Waals surface area contributed by atoms with Gasteiger partial charge in [-0.05, 0) is 24.3 Å². The maximum atomic E-state index is 14.2. The molecule has 22 heavy (non-hydrogen) atoms. The fraction of sp³-hybridized carbons (Fsp3) is 0.118. The minimum Gasteiger partial charge on any atom is -0.361 e. The number of hydrogen-bond donors (Lipinski definition) is 1. The number of amides is 1. The van der Waals surface area contributed by atoms with Gasteiger partial charge >= 0.3 is 0 Å². The second-order valence-electron chi connectivity index (χ2n) is 4.86. The van der Waals surface area contributed by atoms with Crippen molar-refractivity contribution in [3.05, 3.63) is 64.4 Å². The van der Waals surface area contributed by atoms with E-state index in [-0.39, 0.29) is 23.0 Å². The van der Waals surface area contributed by atoms with Crippen LogP contribution in [0.5, 0.6) is 0 Å². The SMILES string of the molecule is C#CCN1C(=O)c2ccccc2NC1c1c(F)cccc1Cl. The van der Waals surface area contributed by atoms with Gasteiger partial charge in [-0.3, -0.25) is 4.79 Å². The Labute approximate surface area is 132 Å². The van der Waals surface area contributed by atoms with Crippen molar-refractivity contribution < 1.29 is 9.18 Å². The zero-order valence-corrected chi connectivity index (χ0v) is 12.3. The molecule has 0 aromatic heterocycles. The highest BCUT2D eigenvalue weighted by molar-refractivity contribution is 6.31. The summed E-state index contributed by atoms with van der Waals surface area (Å²) in [6, 6.07) is 11.4. The molecular formula is C17H12ClFN2O. The lowest BCUT2D eigenvalue weighted by Gasteiger charge is -2.37. The Morgan fingerprint density at radius 2 is 2.05 bits per heavy atom. The molecule has 3 nitrogen and oxygen atoms in total. The fourth-order valence-electron chi connectivity index (χ4n) is 2.55. The van der Waals surface area contributed by atoms with E-state index in [0.29, 0.717) is 11.3 Å². The quantitative estimate of drug-likeness (QED) is 0.858. The van der Waals surface area contributed by atoms with E-state index in [9.17, 15) is 9.18 Å². The monoisotopic (exact) mass is 314 g/mol. The van der Waals surface area contributed by atoms with Gasteiger partial charge in [-0.25, -0.2) is 4.39 Å². The lowest BCUT2D eigenvalue weighted by molar-refractivity contribution is 0.0709. The molecule has 0 saturated carbocycles. The van der Waals surface area contributed by atoms with E-state index in [1.165, 1.54) is 17.0 Å². The first-order valence-corrected chi connectivity index (χ1v) is 7.05. The van der Waals surface area contributed by atoms with Crippen LogP contribution in [-0.2, 0) is 0 Å². The van der Waals surface area contributed by atoms with Crippen molar-refractivity contribution in [3.63, 3.8) is 0 Å². The van der Waals surface area contributed by atoms with Gasteiger partial charge in [0.2, 0.25) is 0 Å². The molecule has 0 bridgehead atoms. The topological polar surface area (TPSA) is 32.3 Å². The van der Waals surface area contributed by atoms with Crippen LogP contribution in [0.2, 0.25) is 5.02 Å². The van der Waals surface area contributed by atoms with Crippen LogP contribution in [0.25, 0.3) is 0 Å². The minimum absolute atomic E-state index is 0.0511. The molecule has 5 heteroatoms. The third-order valence-corrected chi connectivity index (χ3v) is 3.89. The van der Waals surface area contributed by atoms with Gasteiger partial charge in [0.15, 0.2) is 0 Å².